The highest BCUT2D eigenvalue weighted by atomic mass is 35.5. The molecule has 0 aromatic heterocycles. The van der Waals surface area contributed by atoms with Crippen molar-refractivity contribution in [1.82, 2.24) is 4.90 Å². The summed E-state index contributed by atoms with van der Waals surface area (Å²) in [5.74, 6) is 1.71. The third kappa shape index (κ3) is 2.04. The number of rotatable bonds is 1. The van der Waals surface area contributed by atoms with Gasteiger partial charge in [-0.2, -0.15) is 0 Å². The van der Waals surface area contributed by atoms with Crippen LogP contribution in [0.15, 0.2) is 18.2 Å². The standard InChI is InChI=1S/C14H19ClN2/c1-10-5-13(15)3-4-14(10)17-8-11-6-16(2)7-12(11)9-17/h3-5,11-12H,6-9H2,1-2H3. The summed E-state index contributed by atoms with van der Waals surface area (Å²) < 4.78 is 0. The molecule has 0 saturated carbocycles. The molecular weight excluding hydrogens is 232 g/mol. The molecule has 0 amide bonds. The van der Waals surface area contributed by atoms with E-state index >= 15 is 0 Å². The largest absolute Gasteiger partial charge is 0.371 e. The van der Waals surface area contributed by atoms with E-state index in [1.54, 1.807) is 0 Å². The average Bonchev–Trinajstić information content (AvgIpc) is 2.74. The van der Waals surface area contributed by atoms with Crippen molar-refractivity contribution in [1.29, 1.82) is 0 Å². The van der Waals surface area contributed by atoms with Gasteiger partial charge in [0.1, 0.15) is 0 Å². The summed E-state index contributed by atoms with van der Waals surface area (Å²) in [6, 6.07) is 6.24. The summed E-state index contributed by atoms with van der Waals surface area (Å²) in [7, 11) is 2.23. The first-order chi connectivity index (χ1) is 8.13. The summed E-state index contributed by atoms with van der Waals surface area (Å²) in [5, 5.41) is 0.838. The number of aryl methyl sites for hydroxylation is 1. The molecule has 0 N–H and O–H groups in total. The van der Waals surface area contributed by atoms with Crippen molar-refractivity contribution in [2.75, 3.05) is 38.1 Å². The average molecular weight is 251 g/mol. The number of halogens is 1. The second kappa shape index (κ2) is 4.18. The maximum atomic E-state index is 6.01. The van der Waals surface area contributed by atoms with Crippen molar-refractivity contribution in [2.45, 2.75) is 6.92 Å². The Morgan fingerprint density at radius 3 is 2.35 bits per heavy atom. The van der Waals surface area contributed by atoms with Crippen LogP contribution in [-0.2, 0) is 0 Å². The van der Waals surface area contributed by atoms with E-state index in [1.807, 2.05) is 6.07 Å². The van der Waals surface area contributed by atoms with Crippen molar-refractivity contribution in [3.8, 4) is 0 Å². The van der Waals surface area contributed by atoms with Crippen LogP contribution in [0.4, 0.5) is 5.69 Å². The maximum absolute atomic E-state index is 6.01. The van der Waals surface area contributed by atoms with Crippen molar-refractivity contribution in [2.24, 2.45) is 11.8 Å². The second-order valence-electron chi connectivity index (χ2n) is 5.58. The third-order valence-electron chi connectivity index (χ3n) is 4.17. The van der Waals surface area contributed by atoms with Crippen molar-refractivity contribution < 1.29 is 0 Å². The van der Waals surface area contributed by atoms with Crippen molar-refractivity contribution in [3.63, 3.8) is 0 Å². The zero-order valence-electron chi connectivity index (χ0n) is 10.5. The number of hydrogen-bond acceptors (Lipinski definition) is 2. The molecule has 2 atom stereocenters. The monoisotopic (exact) mass is 250 g/mol. The first-order valence-electron chi connectivity index (χ1n) is 6.33. The summed E-state index contributed by atoms with van der Waals surface area (Å²) in [6.07, 6.45) is 0. The SMILES string of the molecule is Cc1cc(Cl)ccc1N1CC2CN(C)CC2C1. The zero-order valence-corrected chi connectivity index (χ0v) is 11.2. The Balaban J connectivity index is 1.79. The normalized spacial score (nSPS) is 28.8. The number of likely N-dealkylation sites (tertiary alicyclic amines) is 1. The highest BCUT2D eigenvalue weighted by molar-refractivity contribution is 6.30. The van der Waals surface area contributed by atoms with Crippen LogP contribution < -0.4 is 4.90 Å². The molecule has 1 aromatic carbocycles. The Hall–Kier alpha value is -0.730. The predicted molar refractivity (Wildman–Crippen MR) is 72.9 cm³/mol. The second-order valence-corrected chi connectivity index (χ2v) is 6.01. The van der Waals surface area contributed by atoms with Gasteiger partial charge in [0, 0.05) is 36.9 Å². The lowest BCUT2D eigenvalue weighted by atomic mass is 10.0. The number of nitrogens with zero attached hydrogens (tertiary/aromatic N) is 2. The van der Waals surface area contributed by atoms with Crippen LogP contribution in [0, 0.1) is 18.8 Å². The van der Waals surface area contributed by atoms with E-state index in [9.17, 15) is 0 Å². The van der Waals surface area contributed by atoms with Crippen LogP contribution in [0.2, 0.25) is 5.02 Å². The summed E-state index contributed by atoms with van der Waals surface area (Å²) in [4.78, 5) is 5.00. The molecule has 0 radical (unpaired) electrons. The molecule has 2 aliphatic heterocycles. The van der Waals surface area contributed by atoms with Crippen LogP contribution in [0.1, 0.15) is 5.56 Å². The molecule has 0 bridgehead atoms. The Kier molecular flexibility index (Phi) is 2.80. The van der Waals surface area contributed by atoms with Gasteiger partial charge in [0.2, 0.25) is 0 Å². The quantitative estimate of drug-likeness (QED) is 0.756. The molecule has 2 aliphatic rings. The van der Waals surface area contributed by atoms with Gasteiger partial charge < -0.3 is 9.80 Å². The molecule has 0 aliphatic carbocycles. The predicted octanol–water partition coefficient (Wildman–Crippen LogP) is 2.65. The lowest BCUT2D eigenvalue weighted by Crippen LogP contribution is -2.27. The number of anilines is 1. The molecule has 2 unspecified atom stereocenters. The van der Waals surface area contributed by atoms with Gasteiger partial charge in [0.15, 0.2) is 0 Å². The molecule has 3 rings (SSSR count). The first-order valence-corrected chi connectivity index (χ1v) is 6.71. The fourth-order valence-corrected chi connectivity index (χ4v) is 3.62. The number of benzene rings is 1. The van der Waals surface area contributed by atoms with Crippen LogP contribution in [0.3, 0.4) is 0 Å². The van der Waals surface area contributed by atoms with Gasteiger partial charge in [-0.3, -0.25) is 0 Å². The Bertz CT molecular complexity index is 418. The van der Waals surface area contributed by atoms with E-state index in [-0.39, 0.29) is 0 Å². The van der Waals surface area contributed by atoms with Gasteiger partial charge in [-0.05, 0) is 49.6 Å². The van der Waals surface area contributed by atoms with Gasteiger partial charge in [-0.1, -0.05) is 11.6 Å². The molecule has 2 saturated heterocycles. The van der Waals surface area contributed by atoms with Gasteiger partial charge in [0.05, 0.1) is 0 Å². The molecule has 1 aromatic rings. The smallest absolute Gasteiger partial charge is 0.0410 e. The Morgan fingerprint density at radius 2 is 1.76 bits per heavy atom. The van der Waals surface area contributed by atoms with E-state index in [2.05, 4.69) is 35.9 Å². The molecule has 17 heavy (non-hydrogen) atoms. The van der Waals surface area contributed by atoms with E-state index in [0.29, 0.717) is 0 Å². The fraction of sp³-hybridized carbons (Fsp3) is 0.571. The van der Waals surface area contributed by atoms with Crippen LogP contribution >= 0.6 is 11.6 Å². The van der Waals surface area contributed by atoms with Crippen LogP contribution in [0.25, 0.3) is 0 Å². The molecule has 0 spiro atoms. The van der Waals surface area contributed by atoms with Crippen molar-refractivity contribution >= 4 is 17.3 Å². The van der Waals surface area contributed by atoms with Crippen LogP contribution in [-0.4, -0.2) is 38.1 Å². The van der Waals surface area contributed by atoms with Gasteiger partial charge >= 0.3 is 0 Å². The summed E-state index contributed by atoms with van der Waals surface area (Å²) >= 11 is 6.01. The minimum atomic E-state index is 0.838. The van der Waals surface area contributed by atoms with Gasteiger partial charge in [-0.25, -0.2) is 0 Å². The summed E-state index contributed by atoms with van der Waals surface area (Å²) in [5.41, 5.74) is 2.66. The first kappa shape index (κ1) is 11.4. The highest BCUT2D eigenvalue weighted by Gasteiger charge is 2.38. The number of fused-ring (bicyclic) bond motifs is 1. The minimum Gasteiger partial charge on any atom is -0.371 e. The molecule has 3 heteroatoms. The molecule has 92 valence electrons. The molecule has 2 heterocycles. The van der Waals surface area contributed by atoms with E-state index in [4.69, 9.17) is 11.6 Å². The van der Waals surface area contributed by atoms with E-state index in [1.165, 1.54) is 37.4 Å². The van der Waals surface area contributed by atoms with Gasteiger partial charge in [0.25, 0.3) is 0 Å². The zero-order chi connectivity index (χ0) is 12.0. The van der Waals surface area contributed by atoms with Gasteiger partial charge in [-0.15, -0.1) is 0 Å². The third-order valence-corrected chi connectivity index (χ3v) is 4.40. The fourth-order valence-electron chi connectivity index (χ4n) is 3.40. The van der Waals surface area contributed by atoms with Crippen molar-refractivity contribution in [3.05, 3.63) is 28.8 Å². The topological polar surface area (TPSA) is 6.48 Å². The number of hydrogen-bond donors (Lipinski definition) is 0. The molecule has 2 fully saturated rings. The highest BCUT2D eigenvalue weighted by Crippen LogP contribution is 2.35. The Morgan fingerprint density at radius 1 is 1.12 bits per heavy atom. The lowest BCUT2D eigenvalue weighted by molar-refractivity contribution is 0.387. The minimum absolute atomic E-state index is 0.838. The molecular formula is C14H19ClN2. The van der Waals surface area contributed by atoms with Crippen LogP contribution in [0.5, 0.6) is 0 Å². The lowest BCUT2D eigenvalue weighted by Gasteiger charge is -2.23. The van der Waals surface area contributed by atoms with E-state index < -0.39 is 0 Å². The maximum Gasteiger partial charge on any atom is 0.0410 e. The summed E-state index contributed by atoms with van der Waals surface area (Å²) in [6.45, 7) is 7.08. The van der Waals surface area contributed by atoms with E-state index in [0.717, 1.165) is 16.9 Å². The Labute approximate surface area is 108 Å². The molecule has 2 nitrogen and oxygen atoms in total.